The molecule has 0 spiro atoms. The number of hydrogen-bond acceptors (Lipinski definition) is 2. The van der Waals surface area contributed by atoms with E-state index in [9.17, 15) is 8.78 Å². The lowest BCUT2D eigenvalue weighted by atomic mass is 10.0. The molecular weight excluding hydrogens is 272 g/mol. The minimum atomic E-state index is -0.804. The Balaban J connectivity index is 2.06. The first-order valence-corrected chi connectivity index (χ1v) is 7.24. The van der Waals surface area contributed by atoms with Gasteiger partial charge >= 0.3 is 0 Å². The van der Waals surface area contributed by atoms with Crippen molar-refractivity contribution < 1.29 is 8.78 Å². The molecule has 1 atom stereocenters. The highest BCUT2D eigenvalue weighted by Crippen LogP contribution is 2.12. The maximum absolute atomic E-state index is 13.3. The SMILES string of the molecule is CCCNC(Cc1ccc(F)c(F)c1)Cc1ccn(C)n1. The third kappa shape index (κ3) is 4.63. The Labute approximate surface area is 124 Å². The van der Waals surface area contributed by atoms with Gasteiger partial charge in [0.15, 0.2) is 11.6 Å². The van der Waals surface area contributed by atoms with Crippen molar-refractivity contribution in [1.29, 1.82) is 0 Å². The van der Waals surface area contributed by atoms with Crippen LogP contribution in [0.5, 0.6) is 0 Å². The van der Waals surface area contributed by atoms with Crippen LogP contribution in [0.1, 0.15) is 24.6 Å². The second-order valence-electron chi connectivity index (χ2n) is 5.29. The summed E-state index contributed by atoms with van der Waals surface area (Å²) in [7, 11) is 1.88. The first kappa shape index (κ1) is 15.6. The van der Waals surface area contributed by atoms with Crippen LogP contribution in [0, 0.1) is 11.6 Å². The lowest BCUT2D eigenvalue weighted by Gasteiger charge is -2.18. The quantitative estimate of drug-likeness (QED) is 0.850. The van der Waals surface area contributed by atoms with Crippen LogP contribution >= 0.6 is 0 Å². The number of nitrogens with zero attached hydrogens (tertiary/aromatic N) is 2. The average Bonchev–Trinajstić information content (AvgIpc) is 2.85. The number of rotatable bonds is 7. The van der Waals surface area contributed by atoms with Gasteiger partial charge in [0.1, 0.15) is 0 Å². The van der Waals surface area contributed by atoms with Crippen LogP contribution in [0.4, 0.5) is 8.78 Å². The van der Waals surface area contributed by atoms with Crippen molar-refractivity contribution in [2.45, 2.75) is 32.2 Å². The Morgan fingerprint density at radius 1 is 1.19 bits per heavy atom. The summed E-state index contributed by atoms with van der Waals surface area (Å²) >= 11 is 0. The van der Waals surface area contributed by atoms with Crippen LogP contribution in [0.25, 0.3) is 0 Å². The molecule has 0 aliphatic rings. The monoisotopic (exact) mass is 293 g/mol. The zero-order valence-electron chi connectivity index (χ0n) is 12.4. The molecule has 2 rings (SSSR count). The maximum atomic E-state index is 13.3. The van der Waals surface area contributed by atoms with E-state index in [1.807, 2.05) is 19.3 Å². The molecule has 1 N–H and O–H groups in total. The fraction of sp³-hybridized carbons (Fsp3) is 0.438. The molecule has 114 valence electrons. The first-order valence-electron chi connectivity index (χ1n) is 7.24. The second-order valence-corrected chi connectivity index (χ2v) is 5.29. The van der Waals surface area contributed by atoms with Crippen molar-refractivity contribution in [2.24, 2.45) is 7.05 Å². The lowest BCUT2D eigenvalue weighted by molar-refractivity contribution is 0.488. The molecule has 5 heteroatoms. The van der Waals surface area contributed by atoms with E-state index in [1.165, 1.54) is 12.1 Å². The van der Waals surface area contributed by atoms with Crippen molar-refractivity contribution in [3.05, 3.63) is 53.4 Å². The molecule has 0 fully saturated rings. The van der Waals surface area contributed by atoms with Gasteiger partial charge in [-0.3, -0.25) is 4.68 Å². The van der Waals surface area contributed by atoms with Crippen LogP contribution in [0.2, 0.25) is 0 Å². The van der Waals surface area contributed by atoms with E-state index in [0.29, 0.717) is 6.42 Å². The molecule has 1 unspecified atom stereocenters. The molecule has 0 bridgehead atoms. The highest BCUT2D eigenvalue weighted by atomic mass is 19.2. The predicted molar refractivity (Wildman–Crippen MR) is 79.1 cm³/mol. The molecule has 0 aliphatic heterocycles. The topological polar surface area (TPSA) is 29.9 Å². The molecule has 21 heavy (non-hydrogen) atoms. The van der Waals surface area contributed by atoms with Crippen LogP contribution in [0.3, 0.4) is 0 Å². The van der Waals surface area contributed by atoms with E-state index in [4.69, 9.17) is 0 Å². The fourth-order valence-electron chi connectivity index (χ4n) is 2.34. The van der Waals surface area contributed by atoms with E-state index >= 15 is 0 Å². The van der Waals surface area contributed by atoms with Gasteiger partial charge in [-0.25, -0.2) is 8.78 Å². The summed E-state index contributed by atoms with van der Waals surface area (Å²) in [4.78, 5) is 0. The van der Waals surface area contributed by atoms with E-state index < -0.39 is 11.6 Å². The van der Waals surface area contributed by atoms with Crippen molar-refractivity contribution in [3.63, 3.8) is 0 Å². The third-order valence-corrected chi connectivity index (χ3v) is 3.37. The van der Waals surface area contributed by atoms with Crippen molar-refractivity contribution in [2.75, 3.05) is 6.54 Å². The van der Waals surface area contributed by atoms with E-state index in [0.717, 1.165) is 30.6 Å². The van der Waals surface area contributed by atoms with Crippen LogP contribution < -0.4 is 5.32 Å². The minimum Gasteiger partial charge on any atom is -0.313 e. The third-order valence-electron chi connectivity index (χ3n) is 3.37. The number of benzene rings is 1. The summed E-state index contributed by atoms with van der Waals surface area (Å²) in [5, 5.41) is 7.82. The molecule has 1 aromatic carbocycles. The fourth-order valence-corrected chi connectivity index (χ4v) is 2.34. The van der Waals surface area contributed by atoms with Crippen LogP contribution in [-0.2, 0) is 19.9 Å². The van der Waals surface area contributed by atoms with Crippen molar-refractivity contribution >= 4 is 0 Å². The van der Waals surface area contributed by atoms with Gasteiger partial charge in [0, 0.05) is 25.7 Å². The number of halogens is 2. The Morgan fingerprint density at radius 3 is 2.62 bits per heavy atom. The minimum absolute atomic E-state index is 0.157. The first-order chi connectivity index (χ1) is 10.1. The van der Waals surface area contributed by atoms with E-state index in [1.54, 1.807) is 10.7 Å². The van der Waals surface area contributed by atoms with Crippen LogP contribution in [-0.4, -0.2) is 22.4 Å². The lowest BCUT2D eigenvalue weighted by Crippen LogP contribution is -2.34. The zero-order valence-corrected chi connectivity index (χ0v) is 12.4. The van der Waals surface area contributed by atoms with Gasteiger partial charge in [-0.15, -0.1) is 0 Å². The molecule has 3 nitrogen and oxygen atoms in total. The van der Waals surface area contributed by atoms with Gasteiger partial charge in [0.25, 0.3) is 0 Å². The zero-order chi connectivity index (χ0) is 15.2. The molecular formula is C16H21F2N3. The number of hydrogen-bond donors (Lipinski definition) is 1. The predicted octanol–water partition coefficient (Wildman–Crippen LogP) is 2.85. The molecule has 2 aromatic rings. The second kappa shape index (κ2) is 7.31. The standard InChI is InChI=1S/C16H21F2N3/c1-3-7-19-14(11-13-6-8-21(2)20-13)9-12-4-5-15(17)16(18)10-12/h4-6,8,10,14,19H,3,7,9,11H2,1-2H3. The normalized spacial score (nSPS) is 12.6. The number of aromatic nitrogens is 2. The maximum Gasteiger partial charge on any atom is 0.159 e. The Morgan fingerprint density at radius 2 is 2.00 bits per heavy atom. The van der Waals surface area contributed by atoms with Gasteiger partial charge in [-0.1, -0.05) is 13.0 Å². The van der Waals surface area contributed by atoms with E-state index in [2.05, 4.69) is 17.3 Å². The number of aryl methyl sites for hydroxylation is 1. The van der Waals surface area contributed by atoms with Gasteiger partial charge in [-0.2, -0.15) is 5.10 Å². The summed E-state index contributed by atoms with van der Waals surface area (Å²) in [6.07, 6.45) is 4.34. The van der Waals surface area contributed by atoms with Gasteiger partial charge in [0.05, 0.1) is 5.69 Å². The van der Waals surface area contributed by atoms with Gasteiger partial charge < -0.3 is 5.32 Å². The molecule has 0 aliphatic carbocycles. The molecule has 1 heterocycles. The highest BCUT2D eigenvalue weighted by Gasteiger charge is 2.13. The average molecular weight is 293 g/mol. The summed E-state index contributed by atoms with van der Waals surface area (Å²) in [6.45, 7) is 2.99. The van der Waals surface area contributed by atoms with E-state index in [-0.39, 0.29) is 6.04 Å². The Bertz CT molecular complexity index is 581. The molecule has 0 saturated carbocycles. The molecule has 0 amide bonds. The van der Waals surface area contributed by atoms with Crippen molar-refractivity contribution in [3.8, 4) is 0 Å². The summed E-state index contributed by atoms with van der Waals surface area (Å²) in [5.41, 5.74) is 1.78. The summed E-state index contributed by atoms with van der Waals surface area (Å²) in [5.74, 6) is -1.60. The summed E-state index contributed by atoms with van der Waals surface area (Å²) < 4.78 is 28.1. The van der Waals surface area contributed by atoms with Gasteiger partial charge in [0.2, 0.25) is 0 Å². The molecule has 1 aromatic heterocycles. The van der Waals surface area contributed by atoms with Crippen molar-refractivity contribution in [1.82, 2.24) is 15.1 Å². The highest BCUT2D eigenvalue weighted by molar-refractivity contribution is 5.19. The Hall–Kier alpha value is -1.75. The molecule has 0 saturated heterocycles. The van der Waals surface area contributed by atoms with Crippen LogP contribution in [0.15, 0.2) is 30.5 Å². The summed E-state index contributed by atoms with van der Waals surface area (Å²) in [6, 6.07) is 6.23. The largest absolute Gasteiger partial charge is 0.313 e. The number of nitrogens with one attached hydrogen (secondary N) is 1. The molecule has 0 radical (unpaired) electrons. The van der Waals surface area contributed by atoms with Gasteiger partial charge in [-0.05, 0) is 43.1 Å². The smallest absolute Gasteiger partial charge is 0.159 e. The Kier molecular flexibility index (Phi) is 5.44.